The highest BCUT2D eigenvalue weighted by atomic mass is 16.2. The van der Waals surface area contributed by atoms with Crippen LogP contribution in [-0.2, 0) is 4.79 Å². The molecule has 0 aromatic heterocycles. The van der Waals surface area contributed by atoms with Crippen LogP contribution in [0.5, 0.6) is 0 Å². The molecule has 0 N–H and O–H groups in total. The molecule has 0 radical (unpaired) electrons. The van der Waals surface area contributed by atoms with Crippen LogP contribution >= 0.6 is 0 Å². The monoisotopic (exact) mass is 358 g/mol. The van der Waals surface area contributed by atoms with E-state index in [1.54, 1.807) is 11.9 Å². The third kappa shape index (κ3) is 2.39. The highest BCUT2D eigenvalue weighted by molar-refractivity contribution is 6.48. The fourth-order valence-electron chi connectivity index (χ4n) is 4.83. The van der Waals surface area contributed by atoms with Crippen LogP contribution in [0.1, 0.15) is 65.1 Å². The molecule has 2 aromatic rings. The lowest BCUT2D eigenvalue weighted by molar-refractivity contribution is -0.112. The smallest absolute Gasteiger partial charge is 0.272 e. The van der Waals surface area contributed by atoms with Crippen molar-refractivity contribution < 1.29 is 9.59 Å². The summed E-state index contributed by atoms with van der Waals surface area (Å²) in [5.74, 6) is -0.242. The van der Waals surface area contributed by atoms with Crippen molar-refractivity contribution in [3.63, 3.8) is 0 Å². The molecule has 27 heavy (non-hydrogen) atoms. The maximum Gasteiger partial charge on any atom is 0.272 e. The molecule has 2 aliphatic carbocycles. The Kier molecular flexibility index (Phi) is 3.74. The minimum absolute atomic E-state index is 0.0402. The average Bonchev–Trinajstić information content (AvgIpc) is 2.72. The summed E-state index contributed by atoms with van der Waals surface area (Å²) in [6, 6.07) is 13.6. The third-order valence-electron chi connectivity index (χ3n) is 6.19. The molecule has 3 aliphatic rings. The molecule has 1 amide bonds. The minimum Gasteiger partial charge on any atom is -0.310 e. The molecule has 1 aliphatic heterocycles. The summed E-state index contributed by atoms with van der Waals surface area (Å²) in [4.78, 5) is 33.0. The standard InChI is InChI=1S/C23H22N2O2/c1-25-18-13-7-12-17-19(18)20(15-10-5-6-11-16(15)22(17)26)21(23(25)27)24-14-8-3-2-4-9-14/h5-7,10-14,20H,2-4,8-9H2,1H3. The van der Waals surface area contributed by atoms with Gasteiger partial charge in [0.15, 0.2) is 5.78 Å². The van der Waals surface area contributed by atoms with Gasteiger partial charge in [-0.3, -0.25) is 14.6 Å². The fourth-order valence-corrected chi connectivity index (χ4v) is 4.83. The maximum atomic E-state index is 13.3. The van der Waals surface area contributed by atoms with E-state index in [-0.39, 0.29) is 23.7 Å². The number of hydrogen-bond acceptors (Lipinski definition) is 3. The number of amides is 1. The fraction of sp³-hybridized carbons (Fsp3) is 0.348. The van der Waals surface area contributed by atoms with E-state index in [1.807, 2.05) is 42.5 Å². The molecule has 1 saturated carbocycles. The molecule has 1 fully saturated rings. The Balaban J connectivity index is 1.76. The molecule has 1 unspecified atom stereocenters. The molecule has 4 heteroatoms. The van der Waals surface area contributed by atoms with Crippen LogP contribution in [0.15, 0.2) is 47.5 Å². The summed E-state index contributed by atoms with van der Waals surface area (Å²) in [5, 5.41) is 0. The number of benzene rings is 2. The second-order valence-electron chi connectivity index (χ2n) is 7.76. The first-order chi connectivity index (χ1) is 13.2. The molecule has 1 atom stereocenters. The van der Waals surface area contributed by atoms with Crippen molar-refractivity contribution in [1.82, 2.24) is 0 Å². The molecule has 1 heterocycles. The van der Waals surface area contributed by atoms with Crippen molar-refractivity contribution in [2.75, 3.05) is 11.9 Å². The Morgan fingerprint density at radius 2 is 1.67 bits per heavy atom. The van der Waals surface area contributed by atoms with Gasteiger partial charge in [0.1, 0.15) is 5.71 Å². The average molecular weight is 358 g/mol. The van der Waals surface area contributed by atoms with Gasteiger partial charge in [0.25, 0.3) is 5.91 Å². The van der Waals surface area contributed by atoms with E-state index in [4.69, 9.17) is 4.99 Å². The predicted octanol–water partition coefficient (Wildman–Crippen LogP) is 4.11. The van der Waals surface area contributed by atoms with Gasteiger partial charge in [-0.2, -0.15) is 0 Å². The number of ketones is 1. The van der Waals surface area contributed by atoms with Gasteiger partial charge >= 0.3 is 0 Å². The Labute approximate surface area is 158 Å². The Morgan fingerprint density at radius 3 is 2.48 bits per heavy atom. The van der Waals surface area contributed by atoms with Crippen molar-refractivity contribution >= 4 is 23.1 Å². The molecule has 136 valence electrons. The van der Waals surface area contributed by atoms with E-state index in [9.17, 15) is 9.59 Å². The molecule has 0 bridgehead atoms. The zero-order valence-corrected chi connectivity index (χ0v) is 15.4. The van der Waals surface area contributed by atoms with Crippen LogP contribution in [0.4, 0.5) is 5.69 Å². The van der Waals surface area contributed by atoms with Crippen molar-refractivity contribution in [2.45, 2.75) is 44.1 Å². The highest BCUT2D eigenvalue weighted by Crippen LogP contribution is 2.45. The number of carbonyl (C=O) groups excluding carboxylic acids is 2. The van der Waals surface area contributed by atoms with Gasteiger partial charge in [-0.15, -0.1) is 0 Å². The first kappa shape index (κ1) is 16.4. The van der Waals surface area contributed by atoms with Gasteiger partial charge in [0.2, 0.25) is 0 Å². The van der Waals surface area contributed by atoms with Gasteiger partial charge in [-0.1, -0.05) is 55.7 Å². The van der Waals surface area contributed by atoms with Crippen LogP contribution in [0.2, 0.25) is 0 Å². The van der Waals surface area contributed by atoms with Crippen LogP contribution in [0, 0.1) is 0 Å². The predicted molar refractivity (Wildman–Crippen MR) is 106 cm³/mol. The van der Waals surface area contributed by atoms with Gasteiger partial charge in [-0.25, -0.2) is 0 Å². The van der Waals surface area contributed by atoms with E-state index in [0.29, 0.717) is 16.8 Å². The second kappa shape index (κ2) is 6.15. The lowest BCUT2D eigenvalue weighted by Crippen LogP contribution is -2.45. The molecule has 0 saturated heterocycles. The quantitative estimate of drug-likeness (QED) is 0.770. The van der Waals surface area contributed by atoms with Crippen molar-refractivity contribution in [2.24, 2.45) is 4.99 Å². The summed E-state index contributed by atoms with van der Waals surface area (Å²) in [6.07, 6.45) is 5.69. The van der Waals surface area contributed by atoms with Crippen LogP contribution in [0.3, 0.4) is 0 Å². The number of nitrogens with zero attached hydrogens (tertiary/aromatic N) is 2. The van der Waals surface area contributed by atoms with E-state index >= 15 is 0 Å². The minimum atomic E-state index is -0.240. The van der Waals surface area contributed by atoms with Crippen molar-refractivity contribution in [3.05, 3.63) is 64.7 Å². The van der Waals surface area contributed by atoms with Gasteiger partial charge in [-0.05, 0) is 24.5 Å². The summed E-state index contributed by atoms with van der Waals surface area (Å²) in [5.41, 5.74) is 4.68. The first-order valence-corrected chi connectivity index (χ1v) is 9.79. The van der Waals surface area contributed by atoms with Gasteiger partial charge in [0.05, 0.1) is 12.0 Å². The van der Waals surface area contributed by atoms with E-state index in [0.717, 1.165) is 29.7 Å². The molecule has 5 rings (SSSR count). The second-order valence-corrected chi connectivity index (χ2v) is 7.76. The molecule has 0 spiro atoms. The first-order valence-electron chi connectivity index (χ1n) is 9.79. The topological polar surface area (TPSA) is 49.7 Å². The summed E-state index contributed by atoms with van der Waals surface area (Å²) >= 11 is 0. The van der Waals surface area contributed by atoms with Crippen LogP contribution < -0.4 is 4.90 Å². The number of aliphatic imine (C=N–C) groups is 1. The molecule has 2 aromatic carbocycles. The van der Waals surface area contributed by atoms with Crippen molar-refractivity contribution in [3.8, 4) is 0 Å². The van der Waals surface area contributed by atoms with Gasteiger partial charge < -0.3 is 4.90 Å². The van der Waals surface area contributed by atoms with E-state index in [1.165, 1.54) is 19.3 Å². The highest BCUT2D eigenvalue weighted by Gasteiger charge is 2.43. The number of carbonyl (C=O) groups is 2. The van der Waals surface area contributed by atoms with Gasteiger partial charge in [0, 0.05) is 29.4 Å². The molecule has 4 nitrogen and oxygen atoms in total. The zero-order valence-electron chi connectivity index (χ0n) is 15.4. The molecular weight excluding hydrogens is 336 g/mol. The maximum absolute atomic E-state index is 13.3. The third-order valence-corrected chi connectivity index (χ3v) is 6.19. The molecular formula is C23H22N2O2. The number of fused-ring (bicyclic) bond motifs is 2. The van der Waals surface area contributed by atoms with Crippen LogP contribution in [-0.4, -0.2) is 30.5 Å². The Morgan fingerprint density at radius 1 is 0.926 bits per heavy atom. The zero-order chi connectivity index (χ0) is 18.5. The van der Waals surface area contributed by atoms with E-state index < -0.39 is 0 Å². The number of anilines is 1. The number of hydrogen-bond donors (Lipinski definition) is 0. The lowest BCUT2D eigenvalue weighted by atomic mass is 9.72. The largest absolute Gasteiger partial charge is 0.310 e. The summed E-state index contributed by atoms with van der Waals surface area (Å²) in [6.45, 7) is 0. The summed E-state index contributed by atoms with van der Waals surface area (Å²) in [7, 11) is 1.79. The van der Waals surface area contributed by atoms with E-state index in [2.05, 4.69) is 0 Å². The SMILES string of the molecule is CN1C(=O)C(=NC2CCCCC2)C2c3ccccc3C(=O)c3cccc1c32. The Bertz CT molecular complexity index is 986. The lowest BCUT2D eigenvalue weighted by Gasteiger charge is -2.38. The van der Waals surface area contributed by atoms with Crippen LogP contribution in [0.25, 0.3) is 0 Å². The summed E-state index contributed by atoms with van der Waals surface area (Å²) < 4.78 is 0. The normalized spacial score (nSPS) is 23.4. The Hall–Kier alpha value is -2.75. The van der Waals surface area contributed by atoms with Crippen molar-refractivity contribution in [1.29, 1.82) is 0 Å². The number of rotatable bonds is 1.